The van der Waals surface area contributed by atoms with Crippen molar-refractivity contribution in [1.29, 1.82) is 0 Å². The van der Waals surface area contributed by atoms with Gasteiger partial charge < -0.3 is 4.57 Å². The minimum absolute atomic E-state index is 0.00784. The van der Waals surface area contributed by atoms with Gasteiger partial charge >= 0.3 is 0 Å². The Morgan fingerprint density at radius 3 is 1.40 bits per heavy atom. The highest BCUT2D eigenvalue weighted by atomic mass is 32.1. The number of thiophene rings is 1. The second-order valence-electron chi connectivity index (χ2n) is 16.6. The number of hydrogen-bond acceptors (Lipinski definition) is 4. The van der Waals surface area contributed by atoms with Gasteiger partial charge in [-0.3, -0.25) is 0 Å². The van der Waals surface area contributed by atoms with Crippen LogP contribution in [-0.2, 0) is 0 Å². The number of hydrogen-bond donors (Lipinski definition) is 0. The van der Waals surface area contributed by atoms with Crippen molar-refractivity contribution in [3.05, 3.63) is 97.1 Å². The normalized spacial score (nSPS) is 11.8. The number of aromatic nitrogens is 4. The summed E-state index contributed by atoms with van der Waals surface area (Å²) in [5.74, 6) is 1.64. The lowest BCUT2D eigenvalue weighted by atomic mass is 9.60. The molecule has 280 valence electrons. The predicted octanol–water partition coefficient (Wildman–Crippen LogP) is -3.73. The smallest absolute Gasteiger partial charge is 0.164 e. The number of nitrogens with zero attached hydrogens (tertiary/aromatic N) is 4. The van der Waals surface area contributed by atoms with E-state index in [0.717, 1.165) is 36.9 Å². The Bertz CT molecular complexity index is 3940. The maximum atomic E-state index is 7.11. The molecule has 0 amide bonds. The van der Waals surface area contributed by atoms with Crippen LogP contribution in [-0.4, -0.2) is 129 Å². The molecule has 0 spiro atoms. The molecule has 68 heavy (non-hydrogen) atoms. The first-order valence-corrected chi connectivity index (χ1v) is 21.8. The summed E-state index contributed by atoms with van der Waals surface area (Å²) in [6.07, 6.45) is 0. The first-order valence-electron chi connectivity index (χ1n) is 21.0. The summed E-state index contributed by atoms with van der Waals surface area (Å²) >= 11 is 1.59. The quantitative estimate of drug-likeness (QED) is 0.168. The molecular formula is C49H16B14N4S. The fourth-order valence-corrected chi connectivity index (χ4v) is 10.6. The van der Waals surface area contributed by atoms with E-state index in [2.05, 4.69) is 6.07 Å². The van der Waals surface area contributed by atoms with E-state index in [-0.39, 0.29) is 115 Å². The zero-order chi connectivity index (χ0) is 47.8. The van der Waals surface area contributed by atoms with E-state index >= 15 is 0 Å². The molecule has 3 aromatic heterocycles. The molecule has 0 aliphatic carbocycles. The highest BCUT2D eigenvalue weighted by Gasteiger charge is 2.27. The van der Waals surface area contributed by atoms with E-state index in [1.54, 1.807) is 15.9 Å². The van der Waals surface area contributed by atoms with Crippen molar-refractivity contribution < 1.29 is 0 Å². The SMILES string of the molecule is [B]c1c([B])c(-n2c3c([B])c([B])c([B])c([B])c3c3c([B])c4c([B])c([B])c([B])c([B])c4c([B])c32)c([B])c([B])c1-c1ccc2c(c1)sc1cccc(-c3nc(-c4ccccc4)nc(-c4ccccc4)n3)c12. The summed E-state index contributed by atoms with van der Waals surface area (Å²) in [4.78, 5) is 14.9. The Balaban J connectivity index is 1.13. The van der Waals surface area contributed by atoms with Crippen molar-refractivity contribution >= 4 is 250 Å². The van der Waals surface area contributed by atoms with Crippen molar-refractivity contribution in [2.45, 2.75) is 0 Å². The number of rotatable bonds is 5. The van der Waals surface area contributed by atoms with Gasteiger partial charge in [-0.15, -0.1) is 33.2 Å². The Labute approximate surface area is 415 Å². The van der Waals surface area contributed by atoms with Gasteiger partial charge in [0.25, 0.3) is 0 Å². The minimum Gasteiger partial charge on any atom is -0.312 e. The molecule has 0 atom stereocenters. The molecule has 11 rings (SSSR count). The zero-order valence-electron chi connectivity index (χ0n) is 36.0. The molecule has 4 nitrogen and oxygen atoms in total. The summed E-state index contributed by atoms with van der Waals surface area (Å²) < 4.78 is 3.51. The van der Waals surface area contributed by atoms with Gasteiger partial charge in [0.15, 0.2) is 17.5 Å². The lowest BCUT2D eigenvalue weighted by Gasteiger charge is -2.27. The minimum atomic E-state index is -0.00784. The van der Waals surface area contributed by atoms with E-state index < -0.39 is 0 Å². The van der Waals surface area contributed by atoms with Crippen LogP contribution in [0.2, 0.25) is 0 Å². The lowest BCUT2D eigenvalue weighted by Crippen LogP contribution is -2.50. The van der Waals surface area contributed by atoms with Crippen LogP contribution in [0.1, 0.15) is 0 Å². The van der Waals surface area contributed by atoms with Gasteiger partial charge in [0, 0.05) is 59.0 Å². The highest BCUT2D eigenvalue weighted by Crippen LogP contribution is 2.41. The molecule has 0 fully saturated rings. The summed E-state index contributed by atoms with van der Waals surface area (Å²) in [6, 6.07) is 31.7. The molecule has 0 unspecified atom stereocenters. The third kappa shape index (κ3) is 6.36. The van der Waals surface area contributed by atoms with Crippen LogP contribution in [0, 0.1) is 0 Å². The molecule has 11 aromatic rings. The molecule has 0 saturated heterocycles. The number of benzene rings is 8. The van der Waals surface area contributed by atoms with E-state index in [1.165, 1.54) is 0 Å². The summed E-state index contributed by atoms with van der Waals surface area (Å²) in [6.45, 7) is 0. The van der Waals surface area contributed by atoms with Gasteiger partial charge in [0.1, 0.15) is 110 Å². The maximum absolute atomic E-state index is 7.11. The van der Waals surface area contributed by atoms with Crippen LogP contribution < -0.4 is 76.5 Å². The van der Waals surface area contributed by atoms with Crippen LogP contribution in [0.5, 0.6) is 0 Å². The van der Waals surface area contributed by atoms with Crippen molar-refractivity contribution in [2.75, 3.05) is 0 Å². The molecule has 0 N–H and O–H groups in total. The van der Waals surface area contributed by atoms with E-state index in [0.29, 0.717) is 28.6 Å². The first kappa shape index (κ1) is 44.5. The molecular weight excluding hydrogens is 828 g/mol. The molecule has 0 aliphatic rings. The fourth-order valence-electron chi connectivity index (χ4n) is 9.48. The Morgan fingerprint density at radius 2 is 0.824 bits per heavy atom. The Hall–Kier alpha value is -6.04. The fraction of sp³-hybridized carbons (Fsp3) is 0. The van der Waals surface area contributed by atoms with Gasteiger partial charge in [0.05, 0.1) is 0 Å². The van der Waals surface area contributed by atoms with E-state index in [1.807, 2.05) is 91.0 Å². The average molecular weight is 844 g/mol. The third-order valence-electron chi connectivity index (χ3n) is 12.9. The molecule has 28 radical (unpaired) electrons. The summed E-state index contributed by atoms with van der Waals surface area (Å²) in [5, 5.41) is 2.96. The van der Waals surface area contributed by atoms with Crippen LogP contribution in [0.4, 0.5) is 0 Å². The van der Waals surface area contributed by atoms with Gasteiger partial charge in [-0.1, -0.05) is 140 Å². The van der Waals surface area contributed by atoms with Crippen molar-refractivity contribution in [1.82, 2.24) is 19.5 Å². The molecule has 0 bridgehead atoms. The molecule has 19 heteroatoms. The molecule has 8 aromatic carbocycles. The van der Waals surface area contributed by atoms with Crippen LogP contribution >= 0.6 is 11.3 Å². The van der Waals surface area contributed by atoms with Crippen molar-refractivity contribution in [3.8, 4) is 51.0 Å². The van der Waals surface area contributed by atoms with Crippen LogP contribution in [0.25, 0.3) is 104 Å². The van der Waals surface area contributed by atoms with Gasteiger partial charge in [-0.2, -0.15) is 0 Å². The largest absolute Gasteiger partial charge is 0.312 e. The maximum Gasteiger partial charge on any atom is 0.164 e. The van der Waals surface area contributed by atoms with E-state index in [9.17, 15) is 0 Å². The molecule has 0 saturated carbocycles. The monoisotopic (exact) mass is 846 g/mol. The highest BCUT2D eigenvalue weighted by molar-refractivity contribution is 7.26. The molecule has 0 aliphatic heterocycles. The summed E-state index contributed by atoms with van der Waals surface area (Å²) in [5.41, 5.74) is 4.81. The summed E-state index contributed by atoms with van der Waals surface area (Å²) in [7, 11) is 94.7. The second-order valence-corrected chi connectivity index (χ2v) is 17.7. The van der Waals surface area contributed by atoms with Crippen LogP contribution in [0.15, 0.2) is 97.1 Å². The topological polar surface area (TPSA) is 43.6 Å². The van der Waals surface area contributed by atoms with Gasteiger partial charge in [0.2, 0.25) is 0 Å². The molecule has 3 heterocycles. The standard InChI is InChI=1S/C49H16B14N4S/c50-30-26-27(34(54)38(58)37(57)33(26)53)36(56)44-28(30)29-35(55)39(59)40(60)43(63)45(29)67(44)46-41(61)31(51)24(32(52)42(46)62)19-14-15-20-23(16-19)68-22-13-7-12-21(25(20)22)49-65-47(17-8-3-1-4-9-17)64-48(66-49)18-10-5-2-6-11-18/h1-16H. The lowest BCUT2D eigenvalue weighted by molar-refractivity contribution is 1.08. The van der Waals surface area contributed by atoms with Gasteiger partial charge in [-0.05, 0) is 39.4 Å². The van der Waals surface area contributed by atoms with Crippen molar-refractivity contribution in [2.24, 2.45) is 0 Å². The third-order valence-corrected chi connectivity index (χ3v) is 14.0. The van der Waals surface area contributed by atoms with Crippen LogP contribution in [0.3, 0.4) is 0 Å². The predicted molar refractivity (Wildman–Crippen MR) is 302 cm³/mol. The van der Waals surface area contributed by atoms with Gasteiger partial charge in [-0.25, -0.2) is 15.0 Å². The number of fused-ring (bicyclic) bond motifs is 7. The Morgan fingerprint density at radius 1 is 0.338 bits per heavy atom. The van der Waals surface area contributed by atoms with Crippen molar-refractivity contribution in [3.63, 3.8) is 0 Å². The first-order chi connectivity index (χ1) is 32.6. The van der Waals surface area contributed by atoms with E-state index in [4.69, 9.17) is 125 Å². The second kappa shape index (κ2) is 16.3. The average Bonchev–Trinajstić information content (AvgIpc) is 3.91. The Kier molecular flexibility index (Phi) is 10.7. The zero-order valence-corrected chi connectivity index (χ0v) is 36.8.